The second-order valence-electron chi connectivity index (χ2n) is 21.2. The van der Waals surface area contributed by atoms with E-state index < -0.39 is 29.4 Å². The molecule has 5 unspecified atom stereocenters. The van der Waals surface area contributed by atoms with Crippen LogP contribution in [0, 0.1) is 58.9 Å². The number of halogens is 5. The molecule has 14 nitrogen and oxygen atoms in total. The van der Waals surface area contributed by atoms with Crippen LogP contribution in [0.5, 0.6) is 0 Å². The van der Waals surface area contributed by atoms with E-state index in [4.69, 9.17) is 42.9 Å². The van der Waals surface area contributed by atoms with Gasteiger partial charge in [-0.1, -0.05) is 51.8 Å². The molecular formula is C55H51Cl2F3N6O8S. The molecule has 0 amide bonds. The van der Waals surface area contributed by atoms with Gasteiger partial charge in [0.2, 0.25) is 0 Å². The summed E-state index contributed by atoms with van der Waals surface area (Å²) in [4.78, 5) is 51.0. The molecule has 6 fully saturated rings. The van der Waals surface area contributed by atoms with Gasteiger partial charge in [0, 0.05) is 60.9 Å². The minimum Gasteiger partial charge on any atom is -0.478 e. The molecule has 0 radical (unpaired) electrons. The van der Waals surface area contributed by atoms with Crippen LogP contribution >= 0.6 is 34.5 Å². The summed E-state index contributed by atoms with van der Waals surface area (Å²) in [5.74, 6) is -2.66. The number of carbonyl (C=O) groups is 3. The van der Waals surface area contributed by atoms with Crippen LogP contribution in [0.3, 0.4) is 0 Å². The van der Waals surface area contributed by atoms with E-state index in [0.29, 0.717) is 79.5 Å². The Labute approximate surface area is 442 Å². The Kier molecular flexibility index (Phi) is 13.2. The lowest BCUT2D eigenvalue weighted by Gasteiger charge is -2.31. The van der Waals surface area contributed by atoms with Crippen LogP contribution in [0.25, 0.3) is 27.2 Å². The van der Waals surface area contributed by atoms with E-state index >= 15 is 8.78 Å². The number of carboxylic acids is 2. The molecule has 3 aromatic carbocycles. The lowest BCUT2D eigenvalue weighted by molar-refractivity contribution is -0.118. The molecule has 4 aliphatic carbocycles. The Bertz CT molecular complexity index is 3250. The number of hydrogen-bond donors (Lipinski definition) is 3. The molecule has 75 heavy (non-hydrogen) atoms. The van der Waals surface area contributed by atoms with E-state index in [1.165, 1.54) is 41.8 Å². The summed E-state index contributed by atoms with van der Waals surface area (Å²) in [5, 5.41) is 24.3. The number of ether oxygens (including phenoxy) is 2. The monoisotopic (exact) mass is 1080 g/mol. The van der Waals surface area contributed by atoms with Crippen molar-refractivity contribution < 1.29 is 51.8 Å². The van der Waals surface area contributed by atoms with E-state index in [1.54, 1.807) is 30.3 Å². The fraction of sp³-hybridized carbons (Fsp3) is 0.418. The van der Waals surface area contributed by atoms with Crippen LogP contribution in [0.1, 0.15) is 88.5 Å². The Balaban J connectivity index is 0.724. The van der Waals surface area contributed by atoms with Gasteiger partial charge in [-0.05, 0) is 129 Å². The Hall–Kier alpha value is -6.05. The van der Waals surface area contributed by atoms with Crippen LogP contribution < -0.4 is 15.5 Å². The highest BCUT2D eigenvalue weighted by Gasteiger charge is 2.59. The van der Waals surface area contributed by atoms with Crippen LogP contribution in [0.15, 0.2) is 77.0 Å². The molecule has 5 heterocycles. The van der Waals surface area contributed by atoms with Crippen molar-refractivity contribution in [1.82, 2.24) is 15.1 Å². The first-order valence-electron chi connectivity index (χ1n) is 25.3. The van der Waals surface area contributed by atoms with E-state index in [0.717, 1.165) is 63.6 Å². The number of carboxylic acid groups (broad SMARTS) is 2. The summed E-state index contributed by atoms with van der Waals surface area (Å²) in [5.41, 5.74) is 8.14. The number of hydrogen-bond acceptors (Lipinski definition) is 13. The fourth-order valence-electron chi connectivity index (χ4n) is 12.7. The average Bonchev–Trinajstić information content (AvgIpc) is 3.96. The van der Waals surface area contributed by atoms with Gasteiger partial charge in [0.25, 0.3) is 0 Å². The van der Waals surface area contributed by atoms with Crippen LogP contribution in [-0.4, -0.2) is 88.1 Å². The van der Waals surface area contributed by atoms with Gasteiger partial charge in [0.15, 0.2) is 16.7 Å². The minimum atomic E-state index is -1.20. The third-order valence-corrected chi connectivity index (χ3v) is 18.4. The molecular weight excluding hydrogens is 1030 g/mol. The lowest BCUT2D eigenvalue weighted by Crippen LogP contribution is -2.30. The highest BCUT2D eigenvalue weighted by molar-refractivity contribution is 7.22. The second kappa shape index (κ2) is 19.8. The molecule has 10 atom stereocenters. The van der Waals surface area contributed by atoms with Crippen LogP contribution in [0.4, 0.5) is 24.1 Å². The number of rotatable bonds is 16. The molecule has 2 aliphatic heterocycles. The third kappa shape index (κ3) is 9.55. The first-order valence-corrected chi connectivity index (χ1v) is 26.9. The first-order chi connectivity index (χ1) is 36.2. The molecule has 12 rings (SSSR count). The van der Waals surface area contributed by atoms with E-state index in [1.807, 2.05) is 0 Å². The number of fused-ring (bicyclic) bond motifs is 3. The number of anilines is 2. The number of nitrogens with zero attached hydrogens (tertiary/aromatic N) is 5. The van der Waals surface area contributed by atoms with Crippen molar-refractivity contribution in [3.8, 4) is 11.3 Å². The van der Waals surface area contributed by atoms with Gasteiger partial charge in [-0.3, -0.25) is 4.79 Å². The van der Waals surface area contributed by atoms with Crippen molar-refractivity contribution in [2.45, 2.75) is 69.7 Å². The molecule has 3 aromatic heterocycles. The summed E-state index contributed by atoms with van der Waals surface area (Å²) in [6.07, 6.45) is 6.23. The zero-order valence-corrected chi connectivity index (χ0v) is 42.6. The maximum absolute atomic E-state index is 15.4. The van der Waals surface area contributed by atoms with Crippen molar-refractivity contribution in [2.75, 3.05) is 42.6 Å². The number of Topliss-reactive ketones (excluding diaryl/α,β-unsaturated/α-hetero) is 1. The van der Waals surface area contributed by atoms with Crippen LogP contribution in [-0.2, 0) is 20.9 Å². The topological polar surface area (TPSA) is 194 Å². The number of nitrogens with two attached hydrogens (primary N) is 1. The smallest absolute Gasteiger partial charge is 0.337 e. The van der Waals surface area contributed by atoms with Crippen molar-refractivity contribution in [1.29, 1.82) is 0 Å². The zero-order chi connectivity index (χ0) is 52.0. The molecule has 6 aromatic rings. The van der Waals surface area contributed by atoms with Crippen molar-refractivity contribution in [3.63, 3.8) is 0 Å². The summed E-state index contributed by atoms with van der Waals surface area (Å²) >= 11 is 14.7. The molecule has 6 aliphatic rings. The Morgan fingerprint density at radius 3 is 2.16 bits per heavy atom. The molecule has 2 saturated heterocycles. The summed E-state index contributed by atoms with van der Waals surface area (Å²) in [6.45, 7) is 2.87. The lowest BCUT2D eigenvalue weighted by atomic mass is 9.80. The number of carbonyl (C=O) groups excluding carboxylic acids is 1. The zero-order valence-electron chi connectivity index (χ0n) is 40.3. The van der Waals surface area contributed by atoms with Gasteiger partial charge < -0.3 is 39.7 Å². The maximum Gasteiger partial charge on any atom is 0.337 e. The average molecular weight is 1080 g/mol. The quantitative estimate of drug-likeness (QED) is 0.0775. The number of pyridine rings is 1. The minimum absolute atomic E-state index is 0.0259. The summed E-state index contributed by atoms with van der Waals surface area (Å²) in [6, 6.07) is 14.5. The van der Waals surface area contributed by atoms with Crippen molar-refractivity contribution >= 4 is 79.1 Å². The molecule has 20 heteroatoms. The standard InChI is InChI=1S/C55H51Cl2F3N6O8S/c56-39-3-1-4-40(57)46(39)48(61)37(23-72-31-9-7-26-19-66(22-28(26)11-31)55-63-50-43(60)14-27(54(70)71)15-44(50)75-55)51(67)35-16-33(35)34-17-36(34)52-38(49(64-74-52)47-41(58)5-2-6-42(47)59)24-73-32-12-29-20-65(21-30(29)13-32)45-10-8-25(18-62-45)53(68)69/h1-6,8,10,14-15,18,26,28-36H,7,9,11-13,16-17,19-24,61H2,(H,68,69)(H,70,71)/t26-,28+,29-,30+,31+,32?,33?,34?,35?,36?/m0/s1. The van der Waals surface area contributed by atoms with Gasteiger partial charge in [0.05, 0.1) is 62.6 Å². The number of thiazole rings is 1. The first kappa shape index (κ1) is 49.8. The summed E-state index contributed by atoms with van der Waals surface area (Å²) in [7, 11) is 0. The summed E-state index contributed by atoms with van der Waals surface area (Å²) < 4.78 is 65.4. The van der Waals surface area contributed by atoms with E-state index in [9.17, 15) is 29.0 Å². The molecule has 4 saturated carbocycles. The number of benzene rings is 3. The van der Waals surface area contributed by atoms with Gasteiger partial charge in [0.1, 0.15) is 34.4 Å². The van der Waals surface area contributed by atoms with Gasteiger partial charge in [-0.15, -0.1) is 0 Å². The molecule has 0 bridgehead atoms. The van der Waals surface area contributed by atoms with Crippen LogP contribution in [0.2, 0.25) is 10.0 Å². The van der Waals surface area contributed by atoms with Gasteiger partial charge >= 0.3 is 11.9 Å². The third-order valence-electron chi connectivity index (χ3n) is 16.7. The Morgan fingerprint density at radius 2 is 1.45 bits per heavy atom. The van der Waals surface area contributed by atoms with Crippen molar-refractivity contribution in [3.05, 3.63) is 128 Å². The molecule has 0 spiro atoms. The highest BCUT2D eigenvalue weighted by Crippen LogP contribution is 2.63. The second-order valence-corrected chi connectivity index (χ2v) is 23.0. The number of ketones is 1. The predicted molar refractivity (Wildman–Crippen MR) is 274 cm³/mol. The molecule has 390 valence electrons. The van der Waals surface area contributed by atoms with Gasteiger partial charge in [-0.25, -0.2) is 32.7 Å². The maximum atomic E-state index is 15.4. The largest absolute Gasteiger partial charge is 0.478 e. The molecule has 4 N–H and O–H groups in total. The SMILES string of the molecule is NC(=C(CO[C@@H]1CC[C@H]2CN(c3nc4c(F)cc(C(=O)O)cc4s3)C[C@H]2C1)C(=O)C1CC1C1CC1c1onc(-c2c(F)cccc2F)c1COC1C[C@@H]2CN(c3ccc(C(=O)O)cn3)C[C@@H]2C1)c1c(Cl)cccc1Cl. The Morgan fingerprint density at radius 1 is 0.773 bits per heavy atom. The van der Waals surface area contributed by atoms with E-state index in [-0.39, 0.29) is 94.4 Å². The predicted octanol–water partition coefficient (Wildman–Crippen LogP) is 10.9. The van der Waals surface area contributed by atoms with Crippen molar-refractivity contribution in [2.24, 2.45) is 47.2 Å². The van der Waals surface area contributed by atoms with E-state index in [2.05, 4.69) is 24.9 Å². The highest BCUT2D eigenvalue weighted by atomic mass is 35.5. The number of aromatic carboxylic acids is 2. The normalized spacial score (nSPS) is 27.1. The fourth-order valence-corrected chi connectivity index (χ4v) is 14.3. The number of aromatic nitrogens is 3. The van der Waals surface area contributed by atoms with Gasteiger partial charge in [-0.2, -0.15) is 0 Å².